The quantitative estimate of drug-likeness (QED) is 0.753. The van der Waals surface area contributed by atoms with Crippen molar-refractivity contribution in [3.05, 3.63) is 0 Å². The summed E-state index contributed by atoms with van der Waals surface area (Å²) in [6.07, 6.45) is 8.42. The summed E-state index contributed by atoms with van der Waals surface area (Å²) in [5, 5.41) is 12.8. The van der Waals surface area contributed by atoms with Gasteiger partial charge in [-0.25, -0.2) is 0 Å². The van der Waals surface area contributed by atoms with Gasteiger partial charge in [0.2, 0.25) is 0 Å². The molecule has 0 radical (unpaired) electrons. The van der Waals surface area contributed by atoms with Gasteiger partial charge in [-0.3, -0.25) is 4.90 Å². The Balaban J connectivity index is 1.99. The monoisotopic (exact) mass is 284 g/mol. The fourth-order valence-corrected chi connectivity index (χ4v) is 4.09. The summed E-state index contributed by atoms with van der Waals surface area (Å²) in [6, 6.07) is 0. The lowest BCUT2D eigenvalue weighted by Gasteiger charge is -2.43. The number of hydrogen-bond acceptors (Lipinski definition) is 4. The highest BCUT2D eigenvalue weighted by Gasteiger charge is 2.35. The number of nitrogens with one attached hydrogen (secondary N) is 1. The van der Waals surface area contributed by atoms with Crippen LogP contribution in [-0.2, 0) is 4.74 Å². The van der Waals surface area contributed by atoms with Crippen LogP contribution in [0, 0.1) is 5.41 Å². The fraction of sp³-hybridized carbons (Fsp3) is 1.00. The van der Waals surface area contributed by atoms with Crippen molar-refractivity contribution in [2.24, 2.45) is 5.41 Å². The molecular weight excluding hydrogens is 252 g/mol. The molecule has 1 heterocycles. The van der Waals surface area contributed by atoms with Gasteiger partial charge in [0.1, 0.15) is 0 Å². The van der Waals surface area contributed by atoms with Crippen LogP contribution in [0.25, 0.3) is 0 Å². The third kappa shape index (κ3) is 4.42. The van der Waals surface area contributed by atoms with Gasteiger partial charge in [0, 0.05) is 26.2 Å². The molecule has 0 bridgehead atoms. The van der Waals surface area contributed by atoms with Gasteiger partial charge in [0.15, 0.2) is 0 Å². The first kappa shape index (κ1) is 16.2. The number of aliphatic hydroxyl groups is 1. The summed E-state index contributed by atoms with van der Waals surface area (Å²) in [4.78, 5) is 2.53. The van der Waals surface area contributed by atoms with Crippen molar-refractivity contribution >= 4 is 0 Å². The molecule has 2 N–H and O–H groups in total. The number of nitrogens with zero attached hydrogens (tertiary/aromatic N) is 1. The second-order valence-corrected chi connectivity index (χ2v) is 6.89. The first-order chi connectivity index (χ1) is 9.67. The summed E-state index contributed by atoms with van der Waals surface area (Å²) < 4.78 is 5.77. The first-order valence-corrected chi connectivity index (χ1v) is 8.31. The third-order valence-electron chi connectivity index (χ3n) is 4.88. The Bertz CT molecular complexity index is 278. The van der Waals surface area contributed by atoms with Crippen molar-refractivity contribution in [3.63, 3.8) is 0 Å². The molecular formula is C16H32N2O2. The fourth-order valence-electron chi connectivity index (χ4n) is 4.09. The van der Waals surface area contributed by atoms with Crippen molar-refractivity contribution in [2.45, 2.75) is 57.7 Å². The molecule has 4 heteroatoms. The zero-order valence-electron chi connectivity index (χ0n) is 13.2. The van der Waals surface area contributed by atoms with E-state index in [1.807, 2.05) is 0 Å². The van der Waals surface area contributed by atoms with Gasteiger partial charge in [0.05, 0.1) is 18.8 Å². The van der Waals surface area contributed by atoms with Gasteiger partial charge in [-0.15, -0.1) is 0 Å². The van der Waals surface area contributed by atoms with Crippen LogP contribution < -0.4 is 5.32 Å². The van der Waals surface area contributed by atoms with Crippen LogP contribution in [0.5, 0.6) is 0 Å². The highest BCUT2D eigenvalue weighted by molar-refractivity contribution is 4.89. The van der Waals surface area contributed by atoms with E-state index in [4.69, 9.17) is 4.74 Å². The Labute approximate surface area is 123 Å². The van der Waals surface area contributed by atoms with E-state index in [0.29, 0.717) is 5.41 Å². The standard InChI is InChI=1S/C16H32N2O2/c1-14-9-18(10-15(11-19)20-14)13-16(12-17-2)7-5-3-4-6-8-16/h14-15,17,19H,3-13H2,1-2H3. The van der Waals surface area contributed by atoms with E-state index in [1.165, 1.54) is 38.5 Å². The number of ether oxygens (including phenoxy) is 1. The zero-order valence-corrected chi connectivity index (χ0v) is 13.2. The topological polar surface area (TPSA) is 44.7 Å². The maximum absolute atomic E-state index is 9.38. The first-order valence-electron chi connectivity index (χ1n) is 8.31. The molecule has 2 fully saturated rings. The molecule has 0 aromatic carbocycles. The van der Waals surface area contributed by atoms with Crippen molar-refractivity contribution in [2.75, 3.05) is 39.8 Å². The normalized spacial score (nSPS) is 31.9. The molecule has 0 aromatic heterocycles. The molecule has 1 saturated heterocycles. The summed E-state index contributed by atoms with van der Waals surface area (Å²) in [7, 11) is 2.07. The molecule has 2 rings (SSSR count). The number of aliphatic hydroxyl groups excluding tert-OH is 1. The Morgan fingerprint density at radius 3 is 2.50 bits per heavy atom. The molecule has 2 atom stereocenters. The van der Waals surface area contributed by atoms with E-state index >= 15 is 0 Å². The summed E-state index contributed by atoms with van der Waals surface area (Å²) in [5.74, 6) is 0. The minimum atomic E-state index is -0.00355. The number of rotatable bonds is 5. The number of hydrogen-bond donors (Lipinski definition) is 2. The van der Waals surface area contributed by atoms with E-state index in [0.717, 1.165) is 26.2 Å². The lowest BCUT2D eigenvalue weighted by molar-refractivity contribution is -0.103. The lowest BCUT2D eigenvalue weighted by Crippen LogP contribution is -2.52. The predicted molar refractivity (Wildman–Crippen MR) is 81.9 cm³/mol. The molecule has 118 valence electrons. The molecule has 4 nitrogen and oxygen atoms in total. The maximum atomic E-state index is 9.38. The smallest absolute Gasteiger partial charge is 0.0936 e. The SMILES string of the molecule is CNCC1(CN2CC(C)OC(CO)C2)CCCCCC1. The average molecular weight is 284 g/mol. The largest absolute Gasteiger partial charge is 0.394 e. The molecule has 1 saturated carbocycles. The Morgan fingerprint density at radius 1 is 1.20 bits per heavy atom. The van der Waals surface area contributed by atoms with Gasteiger partial charge in [-0.2, -0.15) is 0 Å². The van der Waals surface area contributed by atoms with E-state index in [2.05, 4.69) is 24.2 Å². The van der Waals surface area contributed by atoms with E-state index in [1.54, 1.807) is 0 Å². The van der Waals surface area contributed by atoms with Crippen LogP contribution >= 0.6 is 0 Å². The van der Waals surface area contributed by atoms with Gasteiger partial charge >= 0.3 is 0 Å². The molecule has 1 aliphatic heterocycles. The van der Waals surface area contributed by atoms with Crippen molar-refractivity contribution < 1.29 is 9.84 Å². The summed E-state index contributed by atoms with van der Waals surface area (Å²) in [5.41, 5.74) is 0.419. The van der Waals surface area contributed by atoms with Crippen molar-refractivity contribution in [1.82, 2.24) is 10.2 Å². The van der Waals surface area contributed by atoms with Gasteiger partial charge < -0.3 is 15.2 Å². The average Bonchev–Trinajstić information content (AvgIpc) is 2.64. The molecule has 0 aromatic rings. The van der Waals surface area contributed by atoms with Crippen molar-refractivity contribution in [1.29, 1.82) is 0 Å². The zero-order chi connectivity index (χ0) is 14.4. The molecule has 2 unspecified atom stereocenters. The Morgan fingerprint density at radius 2 is 1.90 bits per heavy atom. The van der Waals surface area contributed by atoms with Crippen LogP contribution in [0.15, 0.2) is 0 Å². The predicted octanol–water partition coefficient (Wildman–Crippen LogP) is 1.63. The Hall–Kier alpha value is -0.160. The Kier molecular flexibility index (Phi) is 6.27. The highest BCUT2D eigenvalue weighted by Crippen LogP contribution is 2.36. The summed E-state index contributed by atoms with van der Waals surface area (Å²) in [6.45, 7) is 6.40. The van der Waals surface area contributed by atoms with Crippen LogP contribution in [0.1, 0.15) is 45.4 Å². The maximum Gasteiger partial charge on any atom is 0.0936 e. The van der Waals surface area contributed by atoms with E-state index in [-0.39, 0.29) is 18.8 Å². The third-order valence-corrected chi connectivity index (χ3v) is 4.88. The van der Waals surface area contributed by atoms with Gasteiger partial charge in [0.25, 0.3) is 0 Å². The summed E-state index contributed by atoms with van der Waals surface area (Å²) >= 11 is 0. The second kappa shape index (κ2) is 7.74. The molecule has 0 amide bonds. The van der Waals surface area contributed by atoms with E-state index < -0.39 is 0 Å². The highest BCUT2D eigenvalue weighted by atomic mass is 16.5. The van der Waals surface area contributed by atoms with E-state index in [9.17, 15) is 5.11 Å². The van der Waals surface area contributed by atoms with Crippen LogP contribution in [0.3, 0.4) is 0 Å². The minimum absolute atomic E-state index is 0.00355. The van der Waals surface area contributed by atoms with Crippen molar-refractivity contribution in [3.8, 4) is 0 Å². The number of morpholine rings is 1. The molecule has 1 aliphatic carbocycles. The van der Waals surface area contributed by atoms with Gasteiger partial charge in [-0.1, -0.05) is 25.7 Å². The second-order valence-electron chi connectivity index (χ2n) is 6.89. The van der Waals surface area contributed by atoms with Crippen LogP contribution in [0.4, 0.5) is 0 Å². The minimum Gasteiger partial charge on any atom is -0.394 e. The molecule has 0 spiro atoms. The van der Waals surface area contributed by atoms with Crippen LogP contribution in [0.2, 0.25) is 0 Å². The van der Waals surface area contributed by atoms with Crippen LogP contribution in [-0.4, -0.2) is 62.0 Å². The lowest BCUT2D eigenvalue weighted by atomic mass is 9.79. The van der Waals surface area contributed by atoms with Gasteiger partial charge in [-0.05, 0) is 32.2 Å². The molecule has 2 aliphatic rings. The molecule has 20 heavy (non-hydrogen) atoms.